The highest BCUT2D eigenvalue weighted by atomic mass is 16.6. The molecule has 0 saturated heterocycles. The smallest absolute Gasteiger partial charge is 0.410 e. The average molecular weight is 366 g/mol. The Bertz CT molecular complexity index is 612. The summed E-state index contributed by atoms with van der Waals surface area (Å²) in [6.07, 6.45) is -1.52. The van der Waals surface area contributed by atoms with Crippen molar-refractivity contribution in [1.29, 1.82) is 0 Å². The fourth-order valence-electron chi connectivity index (χ4n) is 1.97. The maximum atomic E-state index is 12.1. The molecule has 0 aliphatic heterocycles. The number of carbonyl (C=O) groups is 3. The molecule has 0 spiro atoms. The molecule has 0 radical (unpaired) electrons. The third-order valence-corrected chi connectivity index (χ3v) is 3.24. The largest absolute Gasteiger partial charge is 0.480 e. The van der Waals surface area contributed by atoms with Gasteiger partial charge in [0.05, 0.1) is 6.54 Å². The lowest BCUT2D eigenvalue weighted by Crippen LogP contribution is -2.50. The van der Waals surface area contributed by atoms with E-state index in [1.165, 1.54) is 4.90 Å². The van der Waals surface area contributed by atoms with Crippen LogP contribution in [0.4, 0.5) is 9.59 Å². The predicted molar refractivity (Wildman–Crippen MR) is 94.7 cm³/mol. The predicted octanol–water partition coefficient (Wildman–Crippen LogP) is 2.62. The Labute approximate surface area is 153 Å². The number of nitrogens with one attached hydrogen (secondary N) is 1. The summed E-state index contributed by atoms with van der Waals surface area (Å²) in [5, 5.41) is 11.6. The SMILES string of the molecule is CCN(C[C@@H](NC(=O)OCc1ccccc1)C(=O)O)C(=O)OC(C)(C)C. The summed E-state index contributed by atoms with van der Waals surface area (Å²) in [6.45, 7) is 6.85. The zero-order chi connectivity index (χ0) is 19.7. The molecule has 1 aromatic rings. The second kappa shape index (κ2) is 9.65. The molecular formula is C18H26N2O6. The summed E-state index contributed by atoms with van der Waals surface area (Å²) in [6, 6.07) is 7.69. The molecule has 1 atom stereocenters. The molecule has 2 N–H and O–H groups in total. The standard InChI is InChI=1S/C18H26N2O6/c1-5-20(17(24)26-18(2,3)4)11-14(15(21)22)19-16(23)25-12-13-9-7-6-8-10-13/h6-10,14H,5,11-12H2,1-4H3,(H,19,23)(H,21,22)/t14-/m1/s1. The molecule has 0 bridgehead atoms. The van der Waals surface area contributed by atoms with E-state index in [0.717, 1.165) is 5.56 Å². The molecular weight excluding hydrogens is 340 g/mol. The number of hydrogen-bond acceptors (Lipinski definition) is 5. The number of carboxylic acid groups (broad SMARTS) is 1. The van der Waals surface area contributed by atoms with Crippen molar-refractivity contribution in [2.75, 3.05) is 13.1 Å². The second-order valence-corrected chi connectivity index (χ2v) is 6.62. The molecule has 0 fully saturated rings. The van der Waals surface area contributed by atoms with Crippen LogP contribution in [-0.2, 0) is 20.9 Å². The molecule has 26 heavy (non-hydrogen) atoms. The molecule has 1 rings (SSSR count). The molecule has 8 heteroatoms. The molecule has 2 amide bonds. The highest BCUT2D eigenvalue weighted by Crippen LogP contribution is 2.10. The number of alkyl carbamates (subject to hydrolysis) is 1. The van der Waals surface area contributed by atoms with Gasteiger partial charge < -0.3 is 24.8 Å². The lowest BCUT2D eigenvalue weighted by Gasteiger charge is -2.28. The number of nitrogens with zero attached hydrogens (tertiary/aromatic N) is 1. The minimum absolute atomic E-state index is 0.0164. The van der Waals surface area contributed by atoms with Crippen LogP contribution in [0.25, 0.3) is 0 Å². The highest BCUT2D eigenvalue weighted by molar-refractivity contribution is 5.81. The number of carboxylic acids is 1. The van der Waals surface area contributed by atoms with E-state index in [4.69, 9.17) is 9.47 Å². The van der Waals surface area contributed by atoms with E-state index >= 15 is 0 Å². The van der Waals surface area contributed by atoms with Crippen LogP contribution in [0.15, 0.2) is 30.3 Å². The van der Waals surface area contributed by atoms with E-state index in [-0.39, 0.29) is 19.7 Å². The minimum atomic E-state index is -1.31. The molecule has 0 saturated carbocycles. The van der Waals surface area contributed by atoms with Crippen molar-refractivity contribution in [3.63, 3.8) is 0 Å². The van der Waals surface area contributed by atoms with Crippen LogP contribution in [0.5, 0.6) is 0 Å². The number of ether oxygens (including phenoxy) is 2. The minimum Gasteiger partial charge on any atom is -0.480 e. The Hall–Kier alpha value is -2.77. The lowest BCUT2D eigenvalue weighted by atomic mass is 10.2. The summed E-state index contributed by atoms with van der Waals surface area (Å²) in [7, 11) is 0. The maximum Gasteiger partial charge on any atom is 0.410 e. The number of hydrogen-bond donors (Lipinski definition) is 2. The lowest BCUT2D eigenvalue weighted by molar-refractivity contribution is -0.139. The summed E-state index contributed by atoms with van der Waals surface area (Å²) >= 11 is 0. The highest BCUT2D eigenvalue weighted by Gasteiger charge is 2.28. The Kier molecular flexibility index (Phi) is 7.89. The zero-order valence-corrected chi connectivity index (χ0v) is 15.5. The van der Waals surface area contributed by atoms with Crippen LogP contribution in [0.3, 0.4) is 0 Å². The Morgan fingerprint density at radius 2 is 1.81 bits per heavy atom. The monoisotopic (exact) mass is 366 g/mol. The number of likely N-dealkylation sites (N-methyl/N-ethyl adjacent to an activating group) is 1. The van der Waals surface area contributed by atoms with Gasteiger partial charge >= 0.3 is 18.2 Å². The molecule has 1 aromatic carbocycles. The summed E-state index contributed by atoms with van der Waals surface area (Å²) in [5.74, 6) is -1.27. The van der Waals surface area contributed by atoms with Crippen LogP contribution in [0, 0.1) is 0 Å². The van der Waals surface area contributed by atoms with E-state index < -0.39 is 29.8 Å². The van der Waals surface area contributed by atoms with Crippen LogP contribution in [-0.4, -0.2) is 52.9 Å². The van der Waals surface area contributed by atoms with E-state index in [2.05, 4.69) is 5.32 Å². The van der Waals surface area contributed by atoms with E-state index in [1.54, 1.807) is 52.0 Å². The van der Waals surface area contributed by atoms with Gasteiger partial charge in [0.25, 0.3) is 0 Å². The maximum absolute atomic E-state index is 12.1. The van der Waals surface area contributed by atoms with Gasteiger partial charge in [-0.2, -0.15) is 0 Å². The van der Waals surface area contributed by atoms with Crippen molar-refractivity contribution < 1.29 is 29.0 Å². The molecule has 0 heterocycles. The van der Waals surface area contributed by atoms with Crippen molar-refractivity contribution in [2.45, 2.75) is 45.9 Å². The number of amides is 2. The van der Waals surface area contributed by atoms with Gasteiger partial charge in [0.1, 0.15) is 18.2 Å². The molecule has 0 aliphatic rings. The number of aliphatic carboxylic acids is 1. The first kappa shape index (κ1) is 21.3. The third-order valence-electron chi connectivity index (χ3n) is 3.24. The Morgan fingerprint density at radius 3 is 2.31 bits per heavy atom. The van der Waals surface area contributed by atoms with Crippen molar-refractivity contribution in [2.24, 2.45) is 0 Å². The van der Waals surface area contributed by atoms with Crippen LogP contribution < -0.4 is 5.32 Å². The van der Waals surface area contributed by atoms with Gasteiger partial charge in [0.15, 0.2) is 0 Å². The van der Waals surface area contributed by atoms with Crippen molar-refractivity contribution in [3.8, 4) is 0 Å². The molecule has 0 aliphatic carbocycles. The van der Waals surface area contributed by atoms with Crippen LogP contribution in [0.1, 0.15) is 33.3 Å². The van der Waals surface area contributed by atoms with Crippen molar-refractivity contribution in [3.05, 3.63) is 35.9 Å². The van der Waals surface area contributed by atoms with E-state index in [0.29, 0.717) is 0 Å². The average Bonchev–Trinajstić information content (AvgIpc) is 2.55. The quantitative estimate of drug-likeness (QED) is 0.768. The molecule has 0 unspecified atom stereocenters. The molecule has 8 nitrogen and oxygen atoms in total. The summed E-state index contributed by atoms with van der Waals surface area (Å²) < 4.78 is 10.2. The summed E-state index contributed by atoms with van der Waals surface area (Å²) in [4.78, 5) is 36.6. The number of benzene rings is 1. The van der Waals surface area contributed by atoms with Crippen molar-refractivity contribution in [1.82, 2.24) is 10.2 Å². The topological polar surface area (TPSA) is 105 Å². The van der Waals surface area contributed by atoms with E-state index in [9.17, 15) is 19.5 Å². The van der Waals surface area contributed by atoms with Gasteiger partial charge in [-0.15, -0.1) is 0 Å². The Balaban J connectivity index is 2.62. The van der Waals surface area contributed by atoms with Crippen LogP contribution >= 0.6 is 0 Å². The molecule has 0 aromatic heterocycles. The normalized spacial score (nSPS) is 12.0. The third kappa shape index (κ3) is 7.87. The fourth-order valence-corrected chi connectivity index (χ4v) is 1.97. The second-order valence-electron chi connectivity index (χ2n) is 6.62. The number of rotatable bonds is 7. The number of carbonyl (C=O) groups excluding carboxylic acids is 2. The zero-order valence-electron chi connectivity index (χ0n) is 15.5. The first-order valence-corrected chi connectivity index (χ1v) is 8.30. The van der Waals surface area contributed by atoms with Gasteiger partial charge in [-0.1, -0.05) is 30.3 Å². The fraction of sp³-hybridized carbons (Fsp3) is 0.500. The molecule has 144 valence electrons. The van der Waals surface area contributed by atoms with Gasteiger partial charge in [-0.25, -0.2) is 14.4 Å². The van der Waals surface area contributed by atoms with Crippen LogP contribution in [0.2, 0.25) is 0 Å². The first-order valence-electron chi connectivity index (χ1n) is 8.30. The van der Waals surface area contributed by atoms with Gasteiger partial charge in [-0.05, 0) is 33.3 Å². The first-order chi connectivity index (χ1) is 12.1. The van der Waals surface area contributed by atoms with Gasteiger partial charge in [0.2, 0.25) is 0 Å². The Morgan fingerprint density at radius 1 is 1.19 bits per heavy atom. The van der Waals surface area contributed by atoms with Gasteiger partial charge in [-0.3, -0.25) is 0 Å². The summed E-state index contributed by atoms with van der Waals surface area (Å²) in [5.41, 5.74) is 0.0732. The van der Waals surface area contributed by atoms with E-state index in [1.807, 2.05) is 6.07 Å². The van der Waals surface area contributed by atoms with Crippen molar-refractivity contribution >= 4 is 18.2 Å². The van der Waals surface area contributed by atoms with Gasteiger partial charge in [0, 0.05) is 6.54 Å².